The zero-order chi connectivity index (χ0) is 14.7. The van der Waals surface area contributed by atoms with E-state index in [2.05, 4.69) is 10.6 Å². The van der Waals surface area contributed by atoms with Crippen molar-refractivity contribution in [3.05, 3.63) is 0 Å². The first-order chi connectivity index (χ1) is 10.2. The van der Waals surface area contributed by atoms with Gasteiger partial charge in [0.15, 0.2) is 0 Å². The van der Waals surface area contributed by atoms with E-state index in [1.807, 2.05) is 0 Å². The number of rotatable bonds is 5. The van der Waals surface area contributed by atoms with Crippen LogP contribution >= 0.6 is 12.4 Å². The Morgan fingerprint density at radius 1 is 1.36 bits per heavy atom. The van der Waals surface area contributed by atoms with Crippen LogP contribution in [0.25, 0.3) is 0 Å². The van der Waals surface area contributed by atoms with Crippen LogP contribution in [0.4, 0.5) is 0 Å². The van der Waals surface area contributed by atoms with E-state index in [1.165, 1.54) is 25.7 Å². The highest BCUT2D eigenvalue weighted by molar-refractivity contribution is 5.85. The lowest BCUT2D eigenvalue weighted by molar-refractivity contribution is -0.123. The molecule has 128 valence electrons. The molecule has 1 saturated carbocycles. The fraction of sp³-hybridized carbons (Fsp3) is 0.938. The Kier molecular flexibility index (Phi) is 6.50. The smallest absolute Gasteiger partial charge is 0.237 e. The van der Waals surface area contributed by atoms with E-state index in [0.717, 1.165) is 19.4 Å². The number of amides is 1. The molecule has 6 heteroatoms. The van der Waals surface area contributed by atoms with E-state index in [1.54, 1.807) is 0 Å². The number of nitrogens with one attached hydrogen (secondary N) is 2. The maximum absolute atomic E-state index is 12.4. The van der Waals surface area contributed by atoms with Gasteiger partial charge in [-0.3, -0.25) is 4.79 Å². The molecule has 4 unspecified atom stereocenters. The van der Waals surface area contributed by atoms with Crippen LogP contribution in [-0.2, 0) is 9.53 Å². The number of hydrogen-bond donors (Lipinski definition) is 3. The zero-order valence-electron chi connectivity index (χ0n) is 13.2. The molecule has 2 heterocycles. The molecule has 22 heavy (non-hydrogen) atoms. The first-order valence-electron chi connectivity index (χ1n) is 8.45. The monoisotopic (exact) mass is 332 g/mol. The van der Waals surface area contributed by atoms with E-state index < -0.39 is 0 Å². The molecule has 0 aromatic carbocycles. The number of aliphatic hydroxyl groups is 1. The molecule has 4 atom stereocenters. The van der Waals surface area contributed by atoms with Crippen LogP contribution in [-0.4, -0.2) is 49.5 Å². The minimum Gasteiger partial charge on any atom is -0.396 e. The van der Waals surface area contributed by atoms with Crippen LogP contribution in [0, 0.1) is 11.3 Å². The number of fused-ring (bicyclic) bond motifs is 1. The SMILES string of the molecule is Cl.O=C(NCC1(CCO)CCOC1)C1CC2CCCCC2N1. The minimum absolute atomic E-state index is 0. The summed E-state index contributed by atoms with van der Waals surface area (Å²) in [7, 11) is 0. The number of halogens is 1. The van der Waals surface area contributed by atoms with Gasteiger partial charge in [0.1, 0.15) is 0 Å². The van der Waals surface area contributed by atoms with Gasteiger partial charge in [0.2, 0.25) is 5.91 Å². The molecule has 3 rings (SSSR count). The summed E-state index contributed by atoms with van der Waals surface area (Å²) in [6.07, 6.45) is 7.71. The Balaban J connectivity index is 0.00000176. The zero-order valence-corrected chi connectivity index (χ0v) is 14.0. The molecule has 0 aromatic heterocycles. The molecule has 0 spiro atoms. The van der Waals surface area contributed by atoms with Gasteiger partial charge in [-0.05, 0) is 38.0 Å². The molecule has 3 N–H and O–H groups in total. The Morgan fingerprint density at radius 2 is 2.18 bits per heavy atom. The molecule has 3 fully saturated rings. The normalized spacial score (nSPS) is 37.4. The quantitative estimate of drug-likeness (QED) is 0.708. The van der Waals surface area contributed by atoms with Gasteiger partial charge in [-0.25, -0.2) is 0 Å². The fourth-order valence-corrected chi connectivity index (χ4v) is 4.23. The second-order valence-corrected chi connectivity index (χ2v) is 7.10. The lowest BCUT2D eigenvalue weighted by Crippen LogP contribution is -2.47. The van der Waals surface area contributed by atoms with E-state index >= 15 is 0 Å². The van der Waals surface area contributed by atoms with Crippen LogP contribution < -0.4 is 10.6 Å². The highest BCUT2D eigenvalue weighted by atomic mass is 35.5. The van der Waals surface area contributed by atoms with Crippen molar-refractivity contribution in [2.24, 2.45) is 11.3 Å². The van der Waals surface area contributed by atoms with Crippen molar-refractivity contribution in [1.29, 1.82) is 0 Å². The number of carbonyl (C=O) groups excluding carboxylic acids is 1. The largest absolute Gasteiger partial charge is 0.396 e. The third-order valence-corrected chi connectivity index (χ3v) is 5.64. The first kappa shape index (κ1) is 18.0. The maximum atomic E-state index is 12.4. The van der Waals surface area contributed by atoms with Gasteiger partial charge >= 0.3 is 0 Å². The standard InChI is InChI=1S/C16H28N2O3.ClH/c19-7-5-16(6-8-21-11-16)10-17-15(20)14-9-12-3-1-2-4-13(12)18-14;/h12-14,18-19H,1-11H2,(H,17,20);1H. The van der Waals surface area contributed by atoms with E-state index in [0.29, 0.717) is 31.5 Å². The molecule has 5 nitrogen and oxygen atoms in total. The molecule has 3 aliphatic rings. The van der Waals surface area contributed by atoms with Crippen molar-refractivity contribution in [3.63, 3.8) is 0 Å². The summed E-state index contributed by atoms with van der Waals surface area (Å²) in [4.78, 5) is 12.4. The third kappa shape index (κ3) is 3.94. The number of carbonyl (C=O) groups is 1. The van der Waals surface area contributed by atoms with Crippen molar-refractivity contribution in [2.75, 3.05) is 26.4 Å². The summed E-state index contributed by atoms with van der Waals surface area (Å²) in [5.74, 6) is 0.823. The molecule has 1 aliphatic carbocycles. The van der Waals surface area contributed by atoms with Crippen LogP contribution in [0.2, 0.25) is 0 Å². The van der Waals surface area contributed by atoms with Gasteiger partial charge in [-0.2, -0.15) is 0 Å². The van der Waals surface area contributed by atoms with Crippen LogP contribution in [0.15, 0.2) is 0 Å². The van der Waals surface area contributed by atoms with Gasteiger partial charge in [0.05, 0.1) is 12.6 Å². The predicted octanol–water partition coefficient (Wildman–Crippen LogP) is 1.23. The van der Waals surface area contributed by atoms with Gasteiger partial charge in [0.25, 0.3) is 0 Å². The summed E-state index contributed by atoms with van der Waals surface area (Å²) < 4.78 is 5.47. The third-order valence-electron chi connectivity index (χ3n) is 5.64. The molecule has 1 amide bonds. The fourth-order valence-electron chi connectivity index (χ4n) is 4.23. The molecule has 2 saturated heterocycles. The van der Waals surface area contributed by atoms with Gasteiger partial charge in [-0.1, -0.05) is 12.8 Å². The van der Waals surface area contributed by atoms with Crippen molar-refractivity contribution < 1.29 is 14.6 Å². The maximum Gasteiger partial charge on any atom is 0.237 e. The highest BCUT2D eigenvalue weighted by Gasteiger charge is 2.40. The van der Waals surface area contributed by atoms with Crippen molar-refractivity contribution >= 4 is 18.3 Å². The van der Waals surface area contributed by atoms with Crippen molar-refractivity contribution in [1.82, 2.24) is 10.6 Å². The van der Waals surface area contributed by atoms with E-state index in [4.69, 9.17) is 4.74 Å². The number of aliphatic hydroxyl groups excluding tert-OH is 1. The molecule has 2 aliphatic heterocycles. The Bertz CT molecular complexity index is 360. The van der Waals surface area contributed by atoms with E-state index in [9.17, 15) is 9.90 Å². The Hall–Kier alpha value is -0.360. The predicted molar refractivity (Wildman–Crippen MR) is 87.1 cm³/mol. The lowest BCUT2D eigenvalue weighted by atomic mass is 9.83. The molecule has 0 radical (unpaired) electrons. The van der Waals surface area contributed by atoms with E-state index in [-0.39, 0.29) is 36.4 Å². The topological polar surface area (TPSA) is 70.6 Å². The van der Waals surface area contributed by atoms with Crippen molar-refractivity contribution in [2.45, 2.75) is 57.0 Å². The summed E-state index contributed by atoms with van der Waals surface area (Å²) in [5.41, 5.74) is -0.0597. The summed E-state index contributed by atoms with van der Waals surface area (Å²) in [5, 5.41) is 15.9. The summed E-state index contributed by atoms with van der Waals surface area (Å²) in [6.45, 7) is 2.17. The molecule has 0 bridgehead atoms. The second kappa shape index (κ2) is 7.95. The van der Waals surface area contributed by atoms with Crippen LogP contribution in [0.3, 0.4) is 0 Å². The van der Waals surface area contributed by atoms with Gasteiger partial charge in [0, 0.05) is 31.2 Å². The summed E-state index contributed by atoms with van der Waals surface area (Å²) in [6, 6.07) is 0.530. The Morgan fingerprint density at radius 3 is 2.86 bits per heavy atom. The van der Waals surface area contributed by atoms with Gasteiger partial charge in [-0.15, -0.1) is 12.4 Å². The van der Waals surface area contributed by atoms with Crippen molar-refractivity contribution in [3.8, 4) is 0 Å². The molecular weight excluding hydrogens is 304 g/mol. The lowest BCUT2D eigenvalue weighted by Gasteiger charge is -2.27. The molecule has 0 aromatic rings. The number of ether oxygens (including phenoxy) is 1. The Labute approximate surface area is 139 Å². The average molecular weight is 333 g/mol. The minimum atomic E-state index is -0.0597. The van der Waals surface area contributed by atoms with Crippen LogP contribution in [0.1, 0.15) is 44.9 Å². The second-order valence-electron chi connectivity index (χ2n) is 7.10. The van der Waals surface area contributed by atoms with Crippen LogP contribution in [0.5, 0.6) is 0 Å². The number of hydrogen-bond acceptors (Lipinski definition) is 4. The summed E-state index contributed by atoms with van der Waals surface area (Å²) >= 11 is 0. The molecular formula is C16H29ClN2O3. The average Bonchev–Trinajstić information content (AvgIpc) is 3.12. The first-order valence-corrected chi connectivity index (χ1v) is 8.45. The van der Waals surface area contributed by atoms with Gasteiger partial charge < -0.3 is 20.5 Å². The highest BCUT2D eigenvalue weighted by Crippen LogP contribution is 2.34.